The molecule has 0 unspecified atom stereocenters. The Morgan fingerprint density at radius 3 is 2.14 bits per heavy atom. The van der Waals surface area contributed by atoms with Crippen molar-refractivity contribution in [3.8, 4) is 0 Å². The predicted molar refractivity (Wildman–Crippen MR) is 20.8 cm³/mol. The summed E-state index contributed by atoms with van der Waals surface area (Å²) < 4.78 is 0. The summed E-state index contributed by atoms with van der Waals surface area (Å²) in [6, 6.07) is 0. The molecule has 0 heterocycles. The van der Waals surface area contributed by atoms with Crippen molar-refractivity contribution >= 4 is 5.97 Å². The topological polar surface area (TPSA) is 38.3 Å². The maximum absolute atomic E-state index is 9.76. The van der Waals surface area contributed by atoms with Gasteiger partial charge in [-0.15, -0.1) is 0 Å². The minimum Gasteiger partial charge on any atom is -0.371 e. The van der Waals surface area contributed by atoms with Crippen LogP contribution >= 0.6 is 0 Å². The molecule has 0 aliphatic heterocycles. The number of rotatable bonds is 1. The van der Waals surface area contributed by atoms with E-state index in [1.54, 1.807) is 0 Å². The van der Waals surface area contributed by atoms with Crippen molar-refractivity contribution in [1.82, 2.24) is 5.48 Å². The van der Waals surface area contributed by atoms with E-state index in [1.807, 2.05) is 0 Å². The second kappa shape index (κ2) is 6.05. The van der Waals surface area contributed by atoms with Crippen LogP contribution in [0.3, 0.4) is 0 Å². The Labute approximate surface area is 55.1 Å². The second-order valence-corrected chi connectivity index (χ2v) is 0.798. The molecule has 4 heteroatoms. The Morgan fingerprint density at radius 1 is 1.71 bits per heavy atom. The fourth-order valence-corrected chi connectivity index (χ4v) is 0.144. The fraction of sp³-hybridized carbons (Fsp3) is 0.667. The molecule has 0 spiro atoms. The first kappa shape index (κ1) is 10.1. The van der Waals surface area contributed by atoms with E-state index < -0.39 is 0 Å². The van der Waals surface area contributed by atoms with Crippen LogP contribution < -0.4 is 5.48 Å². The van der Waals surface area contributed by atoms with Crippen molar-refractivity contribution in [3.05, 3.63) is 0 Å². The average Bonchev–Trinajstić information content (AvgIpc) is 1.35. The second-order valence-electron chi connectivity index (χ2n) is 0.798. The van der Waals surface area contributed by atoms with Gasteiger partial charge in [0.15, 0.2) is 0 Å². The number of nitrogens with one attached hydrogen (secondary N) is 1. The van der Waals surface area contributed by atoms with Gasteiger partial charge in [-0.1, -0.05) is 0 Å². The van der Waals surface area contributed by atoms with Crippen LogP contribution in [0.4, 0.5) is 0 Å². The van der Waals surface area contributed by atoms with E-state index in [0.29, 0.717) is 0 Å². The first-order valence-corrected chi connectivity index (χ1v) is 1.61. The third-order valence-electron chi connectivity index (χ3n) is 0.246. The number of hydroxylamine groups is 1. The Hall–Kier alpha value is 0.0534. The van der Waals surface area contributed by atoms with Crippen LogP contribution in [0.25, 0.3) is 0 Å². The molecule has 0 aromatic rings. The molecule has 0 amide bonds. The van der Waals surface area contributed by atoms with Crippen LogP contribution in [0, 0.1) is 0 Å². The van der Waals surface area contributed by atoms with E-state index in [0.717, 1.165) is 0 Å². The average molecular weight is 154 g/mol. The smallest absolute Gasteiger partial charge is 0.321 e. The van der Waals surface area contributed by atoms with E-state index >= 15 is 0 Å². The molecule has 0 bridgehead atoms. The SMILES string of the molecule is CNOC(C)=O.[Zn]. The molecule has 0 atom stereocenters. The molecule has 0 radical (unpaired) electrons. The Morgan fingerprint density at radius 2 is 2.14 bits per heavy atom. The summed E-state index contributed by atoms with van der Waals surface area (Å²) in [6.45, 7) is 1.33. The van der Waals surface area contributed by atoms with Gasteiger partial charge in [-0.2, -0.15) is 5.48 Å². The number of carbonyl (C=O) groups is 1. The summed E-state index contributed by atoms with van der Waals surface area (Å²) in [5.74, 6) is -0.322. The molecule has 0 aromatic carbocycles. The monoisotopic (exact) mass is 153 g/mol. The standard InChI is InChI=1S/C3H7NO2.Zn/c1-3(5)6-4-2;/h4H,1-2H3;. The van der Waals surface area contributed by atoms with Gasteiger partial charge in [0, 0.05) is 33.4 Å². The molecule has 7 heavy (non-hydrogen) atoms. The summed E-state index contributed by atoms with van der Waals surface area (Å²) in [5.41, 5.74) is 2.22. The van der Waals surface area contributed by atoms with Crippen LogP contribution in [0.2, 0.25) is 0 Å². The molecule has 0 saturated carbocycles. The van der Waals surface area contributed by atoms with Crippen molar-refractivity contribution < 1.29 is 29.1 Å². The maximum Gasteiger partial charge on any atom is 0.321 e. The molecule has 0 aliphatic rings. The van der Waals surface area contributed by atoms with Crippen LogP contribution in [0.15, 0.2) is 0 Å². The van der Waals surface area contributed by atoms with E-state index in [2.05, 4.69) is 10.3 Å². The zero-order chi connectivity index (χ0) is 4.99. The predicted octanol–water partition coefficient (Wildman–Crippen LogP) is -0.319. The number of carbonyl (C=O) groups excluding carboxylic acids is 1. The molecule has 0 fully saturated rings. The maximum atomic E-state index is 9.76. The molecular weight excluding hydrogens is 147 g/mol. The minimum atomic E-state index is -0.322. The van der Waals surface area contributed by atoms with Gasteiger partial charge in [0.05, 0.1) is 0 Å². The molecule has 3 nitrogen and oxygen atoms in total. The van der Waals surface area contributed by atoms with Gasteiger partial charge in [0.2, 0.25) is 0 Å². The molecule has 0 aromatic heterocycles. The quantitative estimate of drug-likeness (QED) is 0.416. The summed E-state index contributed by atoms with van der Waals surface area (Å²) >= 11 is 0. The number of hydrogen-bond donors (Lipinski definition) is 1. The molecule has 0 rings (SSSR count). The number of hydrogen-bond acceptors (Lipinski definition) is 3. The van der Waals surface area contributed by atoms with Crippen LogP contribution in [0.5, 0.6) is 0 Å². The van der Waals surface area contributed by atoms with Crippen molar-refractivity contribution in [1.29, 1.82) is 0 Å². The van der Waals surface area contributed by atoms with Crippen molar-refractivity contribution in [2.45, 2.75) is 6.92 Å². The largest absolute Gasteiger partial charge is 0.371 e. The van der Waals surface area contributed by atoms with Gasteiger partial charge in [-0.05, 0) is 0 Å². The molecule has 0 aliphatic carbocycles. The summed E-state index contributed by atoms with van der Waals surface area (Å²) in [7, 11) is 1.53. The van der Waals surface area contributed by atoms with Gasteiger partial charge < -0.3 is 4.84 Å². The minimum absolute atomic E-state index is 0. The first-order valence-electron chi connectivity index (χ1n) is 1.61. The van der Waals surface area contributed by atoms with E-state index in [-0.39, 0.29) is 25.4 Å². The normalized spacial score (nSPS) is 6.57. The molecule has 38 valence electrons. The third-order valence-corrected chi connectivity index (χ3v) is 0.246. The van der Waals surface area contributed by atoms with Crippen molar-refractivity contribution in [2.75, 3.05) is 7.05 Å². The Balaban J connectivity index is 0. The molecular formula is C3H7NO2Zn. The molecule has 0 saturated heterocycles. The van der Waals surface area contributed by atoms with Gasteiger partial charge in [-0.3, -0.25) is 4.79 Å². The fourth-order valence-electron chi connectivity index (χ4n) is 0.144. The Kier molecular flexibility index (Phi) is 8.75. The first-order chi connectivity index (χ1) is 2.77. The summed E-state index contributed by atoms with van der Waals surface area (Å²) in [5, 5.41) is 0. The van der Waals surface area contributed by atoms with Gasteiger partial charge in [0.1, 0.15) is 0 Å². The third kappa shape index (κ3) is 10.7. The van der Waals surface area contributed by atoms with Gasteiger partial charge >= 0.3 is 5.97 Å². The Bertz CT molecular complexity index is 56.9. The van der Waals surface area contributed by atoms with E-state index in [9.17, 15) is 4.79 Å². The summed E-state index contributed by atoms with van der Waals surface area (Å²) in [6.07, 6.45) is 0. The van der Waals surface area contributed by atoms with Crippen molar-refractivity contribution in [2.24, 2.45) is 0 Å². The van der Waals surface area contributed by atoms with E-state index in [1.165, 1.54) is 14.0 Å². The van der Waals surface area contributed by atoms with Crippen LogP contribution in [-0.4, -0.2) is 13.0 Å². The zero-order valence-electron chi connectivity index (χ0n) is 4.52. The van der Waals surface area contributed by atoms with Crippen LogP contribution in [-0.2, 0) is 29.1 Å². The van der Waals surface area contributed by atoms with Gasteiger partial charge in [-0.25, -0.2) is 0 Å². The van der Waals surface area contributed by atoms with E-state index in [4.69, 9.17) is 0 Å². The van der Waals surface area contributed by atoms with Gasteiger partial charge in [0.25, 0.3) is 0 Å². The summed E-state index contributed by atoms with van der Waals surface area (Å²) in [4.78, 5) is 13.9. The zero-order valence-corrected chi connectivity index (χ0v) is 7.49. The molecule has 1 N–H and O–H groups in total. The van der Waals surface area contributed by atoms with Crippen LogP contribution in [0.1, 0.15) is 6.92 Å². The van der Waals surface area contributed by atoms with Crippen molar-refractivity contribution in [3.63, 3.8) is 0 Å².